The highest BCUT2D eigenvalue weighted by Crippen LogP contribution is 2.39. The molecule has 0 fully saturated rings. The molecule has 2 nitrogen and oxygen atoms in total. The Morgan fingerprint density at radius 1 is 1.31 bits per heavy atom. The lowest BCUT2D eigenvalue weighted by Crippen LogP contribution is -2.39. The Balaban J connectivity index is 4.43. The molecule has 0 aliphatic carbocycles. The van der Waals surface area contributed by atoms with Gasteiger partial charge in [0.2, 0.25) is 0 Å². The van der Waals surface area contributed by atoms with Gasteiger partial charge in [-0.25, -0.2) is 0 Å². The van der Waals surface area contributed by atoms with Crippen LogP contribution in [0, 0.1) is 0 Å². The van der Waals surface area contributed by atoms with Gasteiger partial charge in [-0.15, -0.1) is 0 Å². The Morgan fingerprint density at radius 3 is 1.92 bits per heavy atom. The van der Waals surface area contributed by atoms with Crippen molar-refractivity contribution in [2.75, 3.05) is 0 Å². The van der Waals surface area contributed by atoms with Crippen LogP contribution in [0.25, 0.3) is 0 Å². The minimum absolute atomic E-state index is 0.781. The molecule has 80 valence electrons. The average Bonchev–Trinajstić information content (AvgIpc) is 1.83. The van der Waals surface area contributed by atoms with E-state index in [9.17, 15) is 30.7 Å². The van der Waals surface area contributed by atoms with Gasteiger partial charge < -0.3 is 4.55 Å². The van der Waals surface area contributed by atoms with E-state index in [1.807, 2.05) is 0 Å². The summed E-state index contributed by atoms with van der Waals surface area (Å²) in [5, 5.41) is -1.73. The molecule has 0 aromatic carbocycles. The molecule has 8 heteroatoms. The van der Waals surface area contributed by atoms with Crippen molar-refractivity contribution in [1.82, 2.24) is 0 Å². The Hall–Kier alpha value is -0.240. The molecule has 0 aromatic heterocycles. The van der Waals surface area contributed by atoms with Crippen molar-refractivity contribution in [3.63, 3.8) is 0 Å². The highest BCUT2D eigenvalue weighted by molar-refractivity contribution is 7.79. The zero-order valence-electron chi connectivity index (χ0n) is 6.40. The molecule has 0 spiro atoms. The monoisotopic (exact) mass is 225 g/mol. The summed E-state index contributed by atoms with van der Waals surface area (Å²) in [5.41, 5.74) is 0. The molecule has 0 saturated heterocycles. The van der Waals surface area contributed by atoms with Gasteiger partial charge in [-0.1, -0.05) is 18.0 Å². The predicted octanol–water partition coefficient (Wildman–Crippen LogP) is 1.84. The third kappa shape index (κ3) is 3.55. The molecule has 0 bridgehead atoms. The average molecular weight is 225 g/mol. The zero-order valence-corrected chi connectivity index (χ0v) is 7.22. The van der Waals surface area contributed by atoms with Gasteiger partial charge in [-0.3, -0.25) is 4.21 Å². The van der Waals surface area contributed by atoms with Gasteiger partial charge in [0.25, 0.3) is 0 Å². The first-order valence-corrected chi connectivity index (χ1v) is 4.24. The largest absolute Gasteiger partial charge is 0.772 e. The minimum atomic E-state index is -5.69. The minimum Gasteiger partial charge on any atom is -0.772 e. The fraction of sp³-hybridized carbons (Fsp3) is 1.00. The van der Waals surface area contributed by atoms with Gasteiger partial charge in [0, 0.05) is 11.7 Å². The third-order valence-electron chi connectivity index (χ3n) is 1.29. The molecule has 0 heterocycles. The van der Waals surface area contributed by atoms with Crippen molar-refractivity contribution in [2.45, 2.75) is 30.7 Å². The van der Waals surface area contributed by atoms with Crippen LogP contribution in [-0.4, -0.2) is 26.1 Å². The van der Waals surface area contributed by atoms with Crippen LogP contribution >= 0.6 is 0 Å². The maximum absolute atomic E-state index is 12.1. The van der Waals surface area contributed by atoms with Gasteiger partial charge in [-0.2, -0.15) is 22.0 Å². The zero-order chi connectivity index (χ0) is 10.9. The summed E-state index contributed by atoms with van der Waals surface area (Å²) in [7, 11) is 0. The summed E-state index contributed by atoms with van der Waals surface area (Å²) in [6.45, 7) is 0.781. The SMILES string of the molecule is CC(CC(F)(F)C(F)(F)F)S(=O)[O-]. The van der Waals surface area contributed by atoms with Crippen LogP contribution in [0.3, 0.4) is 0 Å². The number of rotatable bonds is 3. The molecular formula is C5H6F5O2S-. The summed E-state index contributed by atoms with van der Waals surface area (Å²) in [4.78, 5) is 0. The summed E-state index contributed by atoms with van der Waals surface area (Å²) in [6, 6.07) is 0. The molecule has 0 rings (SSSR count). The maximum Gasteiger partial charge on any atom is 0.453 e. The Kier molecular flexibility index (Phi) is 3.80. The number of alkyl halides is 5. The maximum atomic E-state index is 12.1. The fourth-order valence-corrected chi connectivity index (χ4v) is 0.890. The van der Waals surface area contributed by atoms with Gasteiger partial charge in [0.1, 0.15) is 0 Å². The molecule has 0 aliphatic rings. The van der Waals surface area contributed by atoms with E-state index in [-0.39, 0.29) is 0 Å². The van der Waals surface area contributed by atoms with Crippen LogP contribution < -0.4 is 0 Å². The van der Waals surface area contributed by atoms with Crippen LogP contribution in [0.1, 0.15) is 13.3 Å². The van der Waals surface area contributed by atoms with E-state index < -0.39 is 34.9 Å². The van der Waals surface area contributed by atoms with Gasteiger partial charge >= 0.3 is 12.1 Å². The summed E-state index contributed by atoms with van der Waals surface area (Å²) in [6.07, 6.45) is -7.44. The van der Waals surface area contributed by atoms with Crippen LogP contribution in [0.5, 0.6) is 0 Å². The van der Waals surface area contributed by atoms with Crippen LogP contribution in [0.4, 0.5) is 22.0 Å². The molecule has 13 heavy (non-hydrogen) atoms. The van der Waals surface area contributed by atoms with Gasteiger partial charge in [0.05, 0.1) is 0 Å². The van der Waals surface area contributed by atoms with E-state index in [0.29, 0.717) is 0 Å². The quantitative estimate of drug-likeness (QED) is 0.543. The smallest absolute Gasteiger partial charge is 0.453 e. The van der Waals surface area contributed by atoms with E-state index in [2.05, 4.69) is 0 Å². The fourth-order valence-electron chi connectivity index (χ4n) is 0.545. The summed E-state index contributed by atoms with van der Waals surface area (Å²) in [5.74, 6) is -4.95. The Bertz CT molecular complexity index is 202. The van der Waals surface area contributed by atoms with Crippen molar-refractivity contribution in [2.24, 2.45) is 0 Å². The number of hydrogen-bond donors (Lipinski definition) is 0. The number of hydrogen-bond acceptors (Lipinski definition) is 2. The first kappa shape index (κ1) is 12.8. The van der Waals surface area contributed by atoms with Crippen LogP contribution in [0.15, 0.2) is 0 Å². The van der Waals surface area contributed by atoms with Gasteiger partial charge in [-0.05, 0) is 0 Å². The normalized spacial score (nSPS) is 18.4. The summed E-state index contributed by atoms with van der Waals surface area (Å²) >= 11 is -2.92. The Morgan fingerprint density at radius 2 is 1.69 bits per heavy atom. The molecule has 2 unspecified atom stereocenters. The standard InChI is InChI=1S/C5H7F5O2S/c1-3(13(11)12)2-4(6,7)5(8,9)10/h3H,2H2,1H3,(H,11,12)/p-1. The van der Waals surface area contributed by atoms with Gasteiger partial charge in [0.15, 0.2) is 0 Å². The highest BCUT2D eigenvalue weighted by Gasteiger charge is 2.57. The van der Waals surface area contributed by atoms with Crippen molar-refractivity contribution in [3.05, 3.63) is 0 Å². The first-order valence-electron chi connectivity index (χ1n) is 3.10. The van der Waals surface area contributed by atoms with Crippen molar-refractivity contribution >= 4 is 11.1 Å². The second kappa shape index (κ2) is 3.87. The lowest BCUT2D eigenvalue weighted by molar-refractivity contribution is -0.283. The molecular weight excluding hydrogens is 219 g/mol. The van der Waals surface area contributed by atoms with E-state index in [1.54, 1.807) is 0 Å². The molecule has 0 aliphatic heterocycles. The number of halogens is 5. The summed E-state index contributed by atoms with van der Waals surface area (Å²) < 4.78 is 78.8. The lowest BCUT2D eigenvalue weighted by atomic mass is 10.2. The van der Waals surface area contributed by atoms with E-state index in [0.717, 1.165) is 6.92 Å². The second-order valence-corrected chi connectivity index (χ2v) is 3.80. The predicted molar refractivity (Wildman–Crippen MR) is 34.0 cm³/mol. The van der Waals surface area contributed by atoms with E-state index in [4.69, 9.17) is 0 Å². The van der Waals surface area contributed by atoms with Crippen molar-refractivity contribution in [3.8, 4) is 0 Å². The van der Waals surface area contributed by atoms with Crippen molar-refractivity contribution < 1.29 is 30.7 Å². The highest BCUT2D eigenvalue weighted by atomic mass is 32.2. The molecule has 0 amide bonds. The first-order chi connectivity index (χ1) is 5.58. The van der Waals surface area contributed by atoms with Crippen molar-refractivity contribution in [1.29, 1.82) is 0 Å². The second-order valence-electron chi connectivity index (χ2n) is 2.48. The molecule has 0 N–H and O–H groups in total. The van der Waals surface area contributed by atoms with E-state index in [1.165, 1.54) is 0 Å². The van der Waals surface area contributed by atoms with Crippen LogP contribution in [-0.2, 0) is 11.1 Å². The molecule has 0 saturated carbocycles. The Labute approximate surface area is 73.4 Å². The van der Waals surface area contributed by atoms with E-state index >= 15 is 0 Å². The molecule has 0 radical (unpaired) electrons. The molecule has 2 atom stereocenters. The molecule has 0 aromatic rings. The van der Waals surface area contributed by atoms with Crippen LogP contribution in [0.2, 0.25) is 0 Å². The topological polar surface area (TPSA) is 40.1 Å². The lowest BCUT2D eigenvalue weighted by Gasteiger charge is -2.23. The third-order valence-corrected chi connectivity index (χ3v) is 2.11.